The van der Waals surface area contributed by atoms with Crippen LogP contribution in [0.2, 0.25) is 0 Å². The number of hydrogen-bond donors (Lipinski definition) is 0. The maximum Gasteiger partial charge on any atom is 0.189 e. The summed E-state index contributed by atoms with van der Waals surface area (Å²) in [5, 5.41) is 0. The van der Waals surface area contributed by atoms with E-state index in [-0.39, 0.29) is 0 Å². The van der Waals surface area contributed by atoms with Crippen LogP contribution < -0.4 is 0 Å². The van der Waals surface area contributed by atoms with E-state index in [0.717, 1.165) is 12.6 Å². The summed E-state index contributed by atoms with van der Waals surface area (Å²) in [6.07, 6.45) is 6.91. The molecule has 4 heteroatoms. The molecule has 0 aliphatic carbocycles. The highest BCUT2D eigenvalue weighted by molar-refractivity contribution is 8.32. The fourth-order valence-corrected chi connectivity index (χ4v) is 2.32. The average Bonchev–Trinajstić information content (AvgIpc) is 1.59. The number of rotatable bonds is 4. The van der Waals surface area contributed by atoms with E-state index in [4.69, 9.17) is 4.74 Å². The molecule has 0 saturated carbocycles. The Morgan fingerprint density at radius 2 is 1.90 bits per heavy atom. The molecule has 0 aliphatic heterocycles. The highest BCUT2D eigenvalue weighted by atomic mass is 32.3. The molecule has 0 N–H and O–H groups in total. The van der Waals surface area contributed by atoms with E-state index in [2.05, 4.69) is 31.6 Å². The topological polar surface area (TPSA) is 12.5 Å². The Morgan fingerprint density at radius 1 is 1.40 bits per heavy atom. The van der Waals surface area contributed by atoms with E-state index in [1.807, 2.05) is 0 Å². The number of ether oxygens (including phenoxy) is 1. The van der Waals surface area contributed by atoms with Crippen LogP contribution in [0.5, 0.6) is 0 Å². The normalized spacial score (nSPS) is 14.1. The van der Waals surface area contributed by atoms with E-state index in [1.165, 1.54) is 0 Å². The van der Waals surface area contributed by atoms with Gasteiger partial charge in [-0.3, -0.25) is 0 Å². The van der Waals surface area contributed by atoms with Crippen molar-refractivity contribution in [1.82, 2.24) is 4.81 Å². The first kappa shape index (κ1) is 10.3. The zero-order valence-corrected chi connectivity index (χ0v) is 8.49. The van der Waals surface area contributed by atoms with Crippen LogP contribution in [-0.2, 0) is 4.74 Å². The number of hydrogen-bond acceptors (Lipinski definition) is 2. The van der Waals surface area contributed by atoms with Crippen molar-refractivity contribution in [2.45, 2.75) is 0 Å². The molecule has 0 spiro atoms. The van der Waals surface area contributed by atoms with Crippen LogP contribution in [0.1, 0.15) is 0 Å². The summed E-state index contributed by atoms with van der Waals surface area (Å²) in [7, 11) is 3.42. The zero-order valence-electron chi connectivity index (χ0n) is 7.68. The fourth-order valence-electron chi connectivity index (χ4n) is 0.919. The highest BCUT2D eigenvalue weighted by Gasteiger charge is 2.06. The molecule has 2 nitrogen and oxygen atoms in total. The lowest BCUT2D eigenvalue weighted by Gasteiger charge is -2.31. The molecule has 0 rings (SSSR count). The predicted molar refractivity (Wildman–Crippen MR) is 52.5 cm³/mol. The molecule has 0 aliphatic rings. The lowest BCUT2D eigenvalue weighted by Crippen LogP contribution is -2.26. The lowest BCUT2D eigenvalue weighted by atomic mass is 10.4. The standard InChI is InChI=1S/C6H18BNOS/c1-9-5-8(7)6-10(2,3)4/h5-7H2,1-4H3. The van der Waals surface area contributed by atoms with Gasteiger partial charge in [-0.25, -0.2) is 10.0 Å². The Bertz CT molecular complexity index is 94.2. The molecule has 0 radical (unpaired) electrons. The van der Waals surface area contributed by atoms with Crippen molar-refractivity contribution in [3.8, 4) is 0 Å². The van der Waals surface area contributed by atoms with E-state index < -0.39 is 10.0 Å². The van der Waals surface area contributed by atoms with Crippen molar-refractivity contribution < 1.29 is 4.74 Å². The van der Waals surface area contributed by atoms with Crippen LogP contribution in [0.4, 0.5) is 0 Å². The average molecular weight is 163 g/mol. The van der Waals surface area contributed by atoms with Gasteiger partial charge in [0, 0.05) is 13.0 Å². The SMILES string of the molecule is BN(COC)CS(C)(C)C. The highest BCUT2D eigenvalue weighted by Crippen LogP contribution is 2.34. The smallest absolute Gasteiger partial charge is 0.189 e. The van der Waals surface area contributed by atoms with Gasteiger partial charge in [0.2, 0.25) is 0 Å². The minimum atomic E-state index is -0.400. The van der Waals surface area contributed by atoms with Crippen LogP contribution in [-0.4, -0.2) is 51.3 Å². The van der Waals surface area contributed by atoms with Gasteiger partial charge in [0.1, 0.15) is 0 Å². The van der Waals surface area contributed by atoms with Gasteiger partial charge in [-0.05, 0) is 18.8 Å². The van der Waals surface area contributed by atoms with Crippen molar-refractivity contribution in [3.63, 3.8) is 0 Å². The van der Waals surface area contributed by atoms with Crippen molar-refractivity contribution in [3.05, 3.63) is 0 Å². The summed E-state index contributed by atoms with van der Waals surface area (Å²) < 4.78 is 4.99. The maximum absolute atomic E-state index is 4.99. The van der Waals surface area contributed by atoms with Crippen LogP contribution in [0.3, 0.4) is 0 Å². The number of methoxy groups -OCH3 is 1. The van der Waals surface area contributed by atoms with Gasteiger partial charge in [0.05, 0.1) is 6.73 Å². The molecule has 0 aromatic carbocycles. The van der Waals surface area contributed by atoms with Gasteiger partial charge in [-0.15, -0.1) is 0 Å². The molecule has 62 valence electrons. The molecule has 0 atom stereocenters. The fraction of sp³-hybridized carbons (Fsp3) is 1.00. The molecule has 10 heavy (non-hydrogen) atoms. The van der Waals surface area contributed by atoms with Crippen LogP contribution in [0.25, 0.3) is 0 Å². The van der Waals surface area contributed by atoms with Gasteiger partial charge >= 0.3 is 0 Å². The molecule has 0 fully saturated rings. The first-order valence-corrected chi connectivity index (χ1v) is 6.32. The van der Waals surface area contributed by atoms with E-state index in [1.54, 1.807) is 7.11 Å². The van der Waals surface area contributed by atoms with Gasteiger partial charge in [-0.1, -0.05) is 0 Å². The second kappa shape index (κ2) is 4.26. The number of nitrogens with zero attached hydrogens (tertiary/aromatic N) is 1. The van der Waals surface area contributed by atoms with Crippen LogP contribution in [0, 0.1) is 0 Å². The summed E-state index contributed by atoms with van der Waals surface area (Å²) in [5.41, 5.74) is 0. The van der Waals surface area contributed by atoms with Crippen molar-refractivity contribution in [1.29, 1.82) is 0 Å². The third-order valence-electron chi connectivity index (χ3n) is 0.957. The second-order valence-corrected chi connectivity index (χ2v) is 7.93. The molecular weight excluding hydrogens is 145 g/mol. The van der Waals surface area contributed by atoms with Crippen LogP contribution in [0.15, 0.2) is 0 Å². The quantitative estimate of drug-likeness (QED) is 0.430. The largest absolute Gasteiger partial charge is 0.370 e. The minimum Gasteiger partial charge on any atom is -0.370 e. The maximum atomic E-state index is 4.99. The van der Waals surface area contributed by atoms with Crippen LogP contribution >= 0.6 is 10.0 Å². The first-order valence-electron chi connectivity index (χ1n) is 3.29. The van der Waals surface area contributed by atoms with Crippen molar-refractivity contribution in [2.75, 3.05) is 38.5 Å². The molecule has 0 aromatic heterocycles. The summed E-state index contributed by atoms with van der Waals surface area (Å²) in [5.74, 6) is 1.15. The third-order valence-corrected chi connectivity index (χ3v) is 2.17. The van der Waals surface area contributed by atoms with E-state index in [0.29, 0.717) is 0 Å². The Hall–Kier alpha value is 0.335. The van der Waals surface area contributed by atoms with Gasteiger partial charge in [-0.2, -0.15) is 0 Å². The Kier molecular flexibility index (Phi) is 4.41. The molecule has 0 aromatic rings. The second-order valence-electron chi connectivity index (χ2n) is 3.49. The van der Waals surface area contributed by atoms with Crippen molar-refractivity contribution >= 4 is 18.0 Å². The Labute approximate surface area is 66.7 Å². The predicted octanol–water partition coefficient (Wildman–Crippen LogP) is 0.0919. The molecule has 0 heterocycles. The summed E-state index contributed by atoms with van der Waals surface area (Å²) in [4.78, 5) is 2.20. The van der Waals surface area contributed by atoms with Gasteiger partial charge in [0.25, 0.3) is 0 Å². The van der Waals surface area contributed by atoms with E-state index in [9.17, 15) is 0 Å². The molecule has 0 saturated heterocycles. The molecule has 0 unspecified atom stereocenters. The third kappa shape index (κ3) is 6.45. The molecular formula is C6H18BNOS. The minimum absolute atomic E-state index is 0.400. The monoisotopic (exact) mass is 163 g/mol. The summed E-state index contributed by atoms with van der Waals surface area (Å²) in [6.45, 7) is 0.740. The summed E-state index contributed by atoms with van der Waals surface area (Å²) in [6, 6.07) is 0. The van der Waals surface area contributed by atoms with Gasteiger partial charge < -0.3 is 9.55 Å². The van der Waals surface area contributed by atoms with E-state index >= 15 is 0 Å². The molecule has 0 amide bonds. The zero-order chi connectivity index (χ0) is 8.20. The lowest BCUT2D eigenvalue weighted by molar-refractivity contribution is 0.129. The van der Waals surface area contributed by atoms with Gasteiger partial charge in [0.15, 0.2) is 7.98 Å². The molecule has 0 bridgehead atoms. The Balaban J connectivity index is 3.47. The first-order chi connectivity index (χ1) is 4.45. The Morgan fingerprint density at radius 3 is 2.20 bits per heavy atom. The van der Waals surface area contributed by atoms with Crippen molar-refractivity contribution in [2.24, 2.45) is 0 Å². The summed E-state index contributed by atoms with van der Waals surface area (Å²) >= 11 is 0.